The van der Waals surface area contributed by atoms with Crippen molar-refractivity contribution < 1.29 is 4.43 Å². The minimum atomic E-state index is -1.57. The lowest BCUT2D eigenvalue weighted by atomic mass is 10.1. The molecule has 1 atom stereocenters. The van der Waals surface area contributed by atoms with Crippen molar-refractivity contribution in [3.63, 3.8) is 0 Å². The van der Waals surface area contributed by atoms with Gasteiger partial charge in [0.15, 0.2) is 8.32 Å². The first-order chi connectivity index (χ1) is 6.74. The van der Waals surface area contributed by atoms with Crippen LogP contribution in [0.2, 0.25) is 18.1 Å². The van der Waals surface area contributed by atoms with Gasteiger partial charge < -0.3 is 4.43 Å². The molecule has 0 aromatic rings. The van der Waals surface area contributed by atoms with Crippen molar-refractivity contribution in [1.29, 1.82) is 0 Å². The molecule has 15 heavy (non-hydrogen) atoms. The van der Waals surface area contributed by atoms with E-state index in [0.29, 0.717) is 11.1 Å². The van der Waals surface area contributed by atoms with E-state index in [-0.39, 0.29) is 0 Å². The Labute approximate surface area is 97.0 Å². The zero-order chi connectivity index (χ0) is 12.1. The maximum Gasteiger partial charge on any atom is 0.192 e. The van der Waals surface area contributed by atoms with Crippen LogP contribution in [0.4, 0.5) is 0 Å². The van der Waals surface area contributed by atoms with Gasteiger partial charge in [0, 0.05) is 6.10 Å². The van der Waals surface area contributed by atoms with Crippen LogP contribution in [0.15, 0.2) is 12.7 Å². The molecule has 0 fully saturated rings. The molecule has 0 radical (unpaired) electrons. The van der Waals surface area contributed by atoms with Gasteiger partial charge in [-0.05, 0) is 37.4 Å². The normalized spacial score (nSPS) is 15.1. The van der Waals surface area contributed by atoms with Crippen LogP contribution in [-0.4, -0.2) is 14.4 Å². The van der Waals surface area contributed by atoms with Crippen LogP contribution in [0.3, 0.4) is 0 Å². The van der Waals surface area contributed by atoms with Crippen LogP contribution in [0.25, 0.3) is 0 Å². The van der Waals surface area contributed by atoms with Crippen LogP contribution in [0, 0.1) is 0 Å². The standard InChI is InChI=1S/C13H28OSi/c1-8-10-11-12(9-2)14-15(6,7)13(3,4)5/h8,12H,1,9-11H2,2-7H3. The highest BCUT2D eigenvalue weighted by atomic mass is 28.4. The summed E-state index contributed by atoms with van der Waals surface area (Å²) in [6, 6.07) is 0. The predicted molar refractivity (Wildman–Crippen MR) is 71.8 cm³/mol. The van der Waals surface area contributed by atoms with Crippen molar-refractivity contribution in [1.82, 2.24) is 0 Å². The molecule has 0 saturated carbocycles. The number of hydrogen-bond acceptors (Lipinski definition) is 1. The van der Waals surface area contributed by atoms with Crippen LogP contribution < -0.4 is 0 Å². The molecule has 0 rings (SSSR count). The lowest BCUT2D eigenvalue weighted by Crippen LogP contribution is -2.43. The zero-order valence-corrected chi connectivity index (χ0v) is 12.4. The molecule has 0 aliphatic rings. The summed E-state index contributed by atoms with van der Waals surface area (Å²) in [5.41, 5.74) is 0. The number of hydrogen-bond donors (Lipinski definition) is 0. The van der Waals surface area contributed by atoms with Crippen LogP contribution >= 0.6 is 0 Å². The fraction of sp³-hybridized carbons (Fsp3) is 0.846. The average Bonchev–Trinajstić information content (AvgIpc) is 2.10. The average molecular weight is 228 g/mol. The van der Waals surface area contributed by atoms with E-state index in [2.05, 4.69) is 47.4 Å². The molecule has 2 heteroatoms. The molecule has 0 aromatic carbocycles. The van der Waals surface area contributed by atoms with E-state index < -0.39 is 8.32 Å². The van der Waals surface area contributed by atoms with E-state index in [9.17, 15) is 0 Å². The van der Waals surface area contributed by atoms with Gasteiger partial charge in [-0.3, -0.25) is 0 Å². The Morgan fingerprint density at radius 3 is 2.20 bits per heavy atom. The maximum atomic E-state index is 6.34. The summed E-state index contributed by atoms with van der Waals surface area (Å²) < 4.78 is 6.34. The van der Waals surface area contributed by atoms with Crippen molar-refractivity contribution >= 4 is 8.32 Å². The molecule has 0 heterocycles. The topological polar surface area (TPSA) is 9.23 Å². The first-order valence-electron chi connectivity index (χ1n) is 6.03. The van der Waals surface area contributed by atoms with Crippen molar-refractivity contribution in [2.45, 2.75) is 71.2 Å². The monoisotopic (exact) mass is 228 g/mol. The van der Waals surface area contributed by atoms with Gasteiger partial charge in [-0.2, -0.15) is 0 Å². The Morgan fingerprint density at radius 2 is 1.87 bits per heavy atom. The van der Waals surface area contributed by atoms with Crippen molar-refractivity contribution in [3.8, 4) is 0 Å². The third-order valence-corrected chi connectivity index (χ3v) is 7.95. The zero-order valence-electron chi connectivity index (χ0n) is 11.4. The van der Waals surface area contributed by atoms with E-state index >= 15 is 0 Å². The van der Waals surface area contributed by atoms with Crippen LogP contribution in [0.1, 0.15) is 47.0 Å². The molecular formula is C13H28OSi. The Balaban J connectivity index is 4.33. The Kier molecular flexibility index (Phi) is 5.82. The van der Waals surface area contributed by atoms with Gasteiger partial charge in [-0.25, -0.2) is 0 Å². The van der Waals surface area contributed by atoms with Crippen molar-refractivity contribution in [3.05, 3.63) is 12.7 Å². The molecule has 0 aliphatic carbocycles. The van der Waals surface area contributed by atoms with Crippen LogP contribution in [0.5, 0.6) is 0 Å². The second-order valence-corrected chi connectivity index (χ2v) is 10.5. The quantitative estimate of drug-likeness (QED) is 0.471. The number of rotatable bonds is 6. The maximum absolute atomic E-state index is 6.34. The van der Waals surface area contributed by atoms with Gasteiger partial charge in [0.2, 0.25) is 0 Å². The molecule has 0 spiro atoms. The van der Waals surface area contributed by atoms with Gasteiger partial charge >= 0.3 is 0 Å². The number of allylic oxidation sites excluding steroid dienone is 1. The first-order valence-corrected chi connectivity index (χ1v) is 8.94. The third kappa shape index (κ3) is 4.98. The Morgan fingerprint density at radius 1 is 1.33 bits per heavy atom. The lowest BCUT2D eigenvalue weighted by Gasteiger charge is -2.39. The fourth-order valence-electron chi connectivity index (χ4n) is 1.24. The highest BCUT2D eigenvalue weighted by molar-refractivity contribution is 6.74. The second kappa shape index (κ2) is 5.85. The molecule has 1 unspecified atom stereocenters. The SMILES string of the molecule is C=CCCC(CC)O[Si](C)(C)C(C)(C)C. The second-order valence-electron chi connectivity index (χ2n) is 5.77. The minimum Gasteiger partial charge on any atom is -0.414 e. The summed E-state index contributed by atoms with van der Waals surface area (Å²) in [7, 11) is -1.57. The molecule has 0 aliphatic heterocycles. The van der Waals surface area contributed by atoms with Gasteiger partial charge in [-0.15, -0.1) is 6.58 Å². The molecule has 0 aromatic heterocycles. The first kappa shape index (κ1) is 14.9. The predicted octanol–water partition coefficient (Wildman–Crippen LogP) is 4.75. The van der Waals surface area contributed by atoms with Crippen molar-refractivity contribution in [2.75, 3.05) is 0 Å². The van der Waals surface area contributed by atoms with E-state index in [0.717, 1.165) is 19.3 Å². The van der Waals surface area contributed by atoms with Gasteiger partial charge in [0.05, 0.1) is 0 Å². The van der Waals surface area contributed by atoms with E-state index in [1.165, 1.54) is 0 Å². The summed E-state index contributed by atoms with van der Waals surface area (Å²) in [4.78, 5) is 0. The fourth-order valence-corrected chi connectivity index (χ4v) is 2.71. The molecular weight excluding hydrogens is 200 g/mol. The largest absolute Gasteiger partial charge is 0.414 e. The van der Waals surface area contributed by atoms with Gasteiger partial charge in [-0.1, -0.05) is 33.8 Å². The summed E-state index contributed by atoms with van der Waals surface area (Å²) in [5, 5.41) is 0.314. The molecule has 0 N–H and O–H groups in total. The molecule has 0 bridgehead atoms. The lowest BCUT2D eigenvalue weighted by molar-refractivity contribution is 0.168. The summed E-state index contributed by atoms with van der Waals surface area (Å²) in [6.07, 6.45) is 5.70. The van der Waals surface area contributed by atoms with Crippen molar-refractivity contribution in [2.24, 2.45) is 0 Å². The highest BCUT2D eigenvalue weighted by Crippen LogP contribution is 2.38. The van der Waals surface area contributed by atoms with E-state index in [1.54, 1.807) is 0 Å². The minimum absolute atomic E-state index is 0.314. The third-order valence-electron chi connectivity index (χ3n) is 3.42. The van der Waals surface area contributed by atoms with Gasteiger partial charge in [0.25, 0.3) is 0 Å². The summed E-state index contributed by atoms with van der Waals surface area (Å²) in [6.45, 7) is 17.5. The molecule has 0 amide bonds. The van der Waals surface area contributed by atoms with E-state index in [4.69, 9.17) is 4.43 Å². The van der Waals surface area contributed by atoms with E-state index in [1.807, 2.05) is 6.08 Å². The Hall–Kier alpha value is -0.0831. The molecule has 0 saturated heterocycles. The summed E-state index contributed by atoms with van der Waals surface area (Å²) in [5.74, 6) is 0. The van der Waals surface area contributed by atoms with Crippen LogP contribution in [-0.2, 0) is 4.43 Å². The Bertz CT molecular complexity index is 191. The summed E-state index contributed by atoms with van der Waals surface area (Å²) >= 11 is 0. The molecule has 1 nitrogen and oxygen atoms in total. The highest BCUT2D eigenvalue weighted by Gasteiger charge is 2.38. The molecule has 90 valence electrons. The smallest absolute Gasteiger partial charge is 0.192 e. The van der Waals surface area contributed by atoms with Gasteiger partial charge in [0.1, 0.15) is 0 Å².